The molecular formula is C32H42ClN5O4. The Morgan fingerprint density at radius 3 is 2.48 bits per heavy atom. The average Bonchev–Trinajstić information content (AvgIpc) is 3.00. The number of unbranched alkanes of at least 4 members (excludes halogenated alkanes) is 7. The summed E-state index contributed by atoms with van der Waals surface area (Å²) in [6.45, 7) is 4.20. The number of halogens is 1. The van der Waals surface area contributed by atoms with Crippen molar-refractivity contribution < 1.29 is 19.4 Å². The van der Waals surface area contributed by atoms with Crippen LogP contribution >= 0.6 is 11.6 Å². The molecule has 2 aromatic heterocycles. The number of aromatic nitrogens is 3. The van der Waals surface area contributed by atoms with Gasteiger partial charge in [0.15, 0.2) is 5.15 Å². The van der Waals surface area contributed by atoms with Crippen LogP contribution in [-0.4, -0.2) is 52.6 Å². The Balaban J connectivity index is 0.000000337. The first-order valence-electron chi connectivity index (χ1n) is 14.7. The van der Waals surface area contributed by atoms with Crippen molar-refractivity contribution in [1.29, 1.82) is 0 Å². The molecule has 1 aliphatic rings. The smallest absolute Gasteiger partial charge is 0.360 e. The van der Waals surface area contributed by atoms with Crippen molar-refractivity contribution in [2.45, 2.75) is 77.7 Å². The third-order valence-corrected chi connectivity index (χ3v) is 7.38. The van der Waals surface area contributed by atoms with Crippen LogP contribution in [0.2, 0.25) is 5.15 Å². The molecule has 1 aromatic carbocycles. The molecule has 1 amide bonds. The Hall–Kier alpha value is -3.56. The second-order valence-corrected chi connectivity index (χ2v) is 10.8. The molecule has 1 aliphatic heterocycles. The van der Waals surface area contributed by atoms with Crippen molar-refractivity contribution >= 4 is 29.2 Å². The third-order valence-electron chi connectivity index (χ3n) is 7.19. The minimum Gasteiger partial charge on any atom is -0.479 e. The van der Waals surface area contributed by atoms with Crippen LogP contribution in [0.25, 0.3) is 11.1 Å². The van der Waals surface area contributed by atoms with Crippen LogP contribution < -0.4 is 15.0 Å². The van der Waals surface area contributed by atoms with E-state index in [0.29, 0.717) is 6.42 Å². The molecule has 0 bridgehead atoms. The summed E-state index contributed by atoms with van der Waals surface area (Å²) in [6.07, 6.45) is 17.3. The SMILES string of the molecule is CCCCCCCCCCNCc1cncc(-c2ccc3c(c2)CCC(=O)N3C)c1.COc1nc(Cl)cnc1C(=O)O. The predicted octanol–water partition coefficient (Wildman–Crippen LogP) is 6.72. The number of carboxylic acids is 1. The molecule has 0 fully saturated rings. The van der Waals surface area contributed by atoms with Gasteiger partial charge >= 0.3 is 5.97 Å². The zero-order valence-electron chi connectivity index (χ0n) is 24.9. The Labute approximate surface area is 253 Å². The molecule has 0 saturated carbocycles. The number of carbonyl (C=O) groups is 2. The fourth-order valence-electron chi connectivity index (χ4n) is 4.84. The number of hydrogen-bond donors (Lipinski definition) is 2. The molecule has 10 heteroatoms. The van der Waals surface area contributed by atoms with E-state index in [1.165, 1.54) is 75.2 Å². The van der Waals surface area contributed by atoms with E-state index in [4.69, 9.17) is 16.7 Å². The van der Waals surface area contributed by atoms with E-state index in [2.05, 4.69) is 56.2 Å². The zero-order chi connectivity index (χ0) is 30.3. The molecule has 0 unspecified atom stereocenters. The van der Waals surface area contributed by atoms with Gasteiger partial charge in [0.25, 0.3) is 0 Å². The summed E-state index contributed by atoms with van der Waals surface area (Å²) < 4.78 is 4.65. The van der Waals surface area contributed by atoms with Gasteiger partial charge in [-0.05, 0) is 54.3 Å². The summed E-state index contributed by atoms with van der Waals surface area (Å²) in [5.41, 5.74) is 5.57. The minimum atomic E-state index is -1.20. The molecule has 3 aromatic rings. The first kappa shape index (κ1) is 32.9. The molecule has 4 rings (SSSR count). The lowest BCUT2D eigenvalue weighted by Gasteiger charge is -2.26. The first-order valence-corrected chi connectivity index (χ1v) is 15.1. The van der Waals surface area contributed by atoms with Gasteiger partial charge in [-0.2, -0.15) is 4.98 Å². The number of aryl methyl sites for hydroxylation is 1. The number of nitrogens with one attached hydrogen (secondary N) is 1. The highest BCUT2D eigenvalue weighted by Gasteiger charge is 2.21. The summed E-state index contributed by atoms with van der Waals surface area (Å²) in [5.74, 6) is -1.09. The van der Waals surface area contributed by atoms with E-state index in [0.717, 1.165) is 37.0 Å². The van der Waals surface area contributed by atoms with Crippen molar-refractivity contribution in [1.82, 2.24) is 20.3 Å². The summed E-state index contributed by atoms with van der Waals surface area (Å²) in [6, 6.07) is 8.61. The fourth-order valence-corrected chi connectivity index (χ4v) is 4.96. The molecule has 0 saturated heterocycles. The second-order valence-electron chi connectivity index (χ2n) is 10.4. The molecule has 2 N–H and O–H groups in total. The Morgan fingerprint density at radius 2 is 1.76 bits per heavy atom. The van der Waals surface area contributed by atoms with Crippen LogP contribution in [0.4, 0.5) is 5.69 Å². The van der Waals surface area contributed by atoms with Crippen LogP contribution in [0, 0.1) is 0 Å². The molecule has 0 spiro atoms. The van der Waals surface area contributed by atoms with Gasteiger partial charge in [-0.15, -0.1) is 0 Å². The number of methoxy groups -OCH3 is 1. The lowest BCUT2D eigenvalue weighted by atomic mass is 9.96. The standard InChI is InChI=1S/C26H37N3O.C6H5ClN2O3/c1-3-4-5-6-7-8-9-10-15-27-18-21-16-24(20-28-19-21)22-11-13-25-23(17-22)12-14-26(30)29(25)2;1-12-5-4(6(10)11)8-2-3(7)9-5/h11,13,16-17,19-20,27H,3-10,12,14-15,18H2,1-2H3;2H,1H3,(H,10,11). The van der Waals surface area contributed by atoms with Gasteiger partial charge in [0.1, 0.15) is 0 Å². The fraction of sp³-hybridized carbons (Fsp3) is 0.469. The van der Waals surface area contributed by atoms with E-state index in [-0.39, 0.29) is 22.6 Å². The van der Waals surface area contributed by atoms with Gasteiger partial charge in [0.05, 0.1) is 13.3 Å². The second kappa shape index (κ2) is 17.4. The van der Waals surface area contributed by atoms with Crippen LogP contribution in [0.1, 0.15) is 86.3 Å². The topological polar surface area (TPSA) is 118 Å². The first-order chi connectivity index (χ1) is 20.3. The van der Waals surface area contributed by atoms with Gasteiger partial charge in [0.2, 0.25) is 17.5 Å². The van der Waals surface area contributed by atoms with Crippen LogP contribution in [-0.2, 0) is 17.8 Å². The maximum atomic E-state index is 11.9. The molecule has 9 nitrogen and oxygen atoms in total. The number of nitrogens with zero attached hydrogens (tertiary/aromatic N) is 4. The number of benzene rings is 1. The number of carboxylic acid groups (broad SMARTS) is 1. The van der Waals surface area contributed by atoms with E-state index < -0.39 is 5.97 Å². The van der Waals surface area contributed by atoms with Crippen LogP contribution in [0.15, 0.2) is 42.9 Å². The van der Waals surface area contributed by atoms with Crippen LogP contribution in [0.5, 0.6) is 5.88 Å². The number of anilines is 1. The molecule has 0 radical (unpaired) electrons. The summed E-state index contributed by atoms with van der Waals surface area (Å²) in [4.78, 5) is 35.7. The number of carbonyl (C=O) groups excluding carboxylic acids is 1. The number of pyridine rings is 1. The van der Waals surface area contributed by atoms with E-state index in [1.54, 1.807) is 4.90 Å². The highest BCUT2D eigenvalue weighted by Crippen LogP contribution is 2.31. The molecular weight excluding hydrogens is 554 g/mol. The van der Waals surface area contributed by atoms with Crippen molar-refractivity contribution in [3.8, 4) is 17.0 Å². The van der Waals surface area contributed by atoms with Gasteiger partial charge in [-0.25, -0.2) is 9.78 Å². The Bertz CT molecular complexity index is 1320. The number of aromatic carboxylic acids is 1. The molecule has 0 aliphatic carbocycles. The number of hydrogen-bond acceptors (Lipinski definition) is 7. The average molecular weight is 596 g/mol. The van der Waals surface area contributed by atoms with Crippen molar-refractivity contribution in [3.05, 3.63) is 64.8 Å². The van der Waals surface area contributed by atoms with Crippen molar-refractivity contribution in [2.75, 3.05) is 25.6 Å². The maximum absolute atomic E-state index is 11.9. The highest BCUT2D eigenvalue weighted by molar-refractivity contribution is 6.29. The normalized spacial score (nSPS) is 12.4. The van der Waals surface area contributed by atoms with E-state index >= 15 is 0 Å². The monoisotopic (exact) mass is 595 g/mol. The predicted molar refractivity (Wildman–Crippen MR) is 166 cm³/mol. The summed E-state index contributed by atoms with van der Waals surface area (Å²) >= 11 is 5.45. The Morgan fingerprint density at radius 1 is 1.02 bits per heavy atom. The zero-order valence-corrected chi connectivity index (χ0v) is 25.6. The summed E-state index contributed by atoms with van der Waals surface area (Å²) in [5, 5.41) is 12.2. The van der Waals surface area contributed by atoms with Gasteiger partial charge in [-0.3, -0.25) is 9.78 Å². The number of ether oxygens (including phenoxy) is 1. The van der Waals surface area contributed by atoms with Gasteiger partial charge in [0, 0.05) is 43.7 Å². The minimum absolute atomic E-state index is 0.0880. The van der Waals surface area contributed by atoms with Gasteiger partial charge in [-0.1, -0.05) is 69.5 Å². The molecule has 3 heterocycles. The third kappa shape index (κ3) is 10.1. The maximum Gasteiger partial charge on any atom is 0.360 e. The quantitative estimate of drug-likeness (QED) is 0.197. The van der Waals surface area contributed by atoms with Crippen LogP contribution in [0.3, 0.4) is 0 Å². The summed E-state index contributed by atoms with van der Waals surface area (Å²) in [7, 11) is 3.16. The number of amides is 1. The largest absolute Gasteiger partial charge is 0.479 e. The lowest BCUT2D eigenvalue weighted by molar-refractivity contribution is -0.118. The molecule has 0 atom stereocenters. The van der Waals surface area contributed by atoms with Crippen molar-refractivity contribution in [3.63, 3.8) is 0 Å². The van der Waals surface area contributed by atoms with Crippen molar-refractivity contribution in [2.24, 2.45) is 0 Å². The van der Waals surface area contributed by atoms with Gasteiger partial charge < -0.3 is 20.1 Å². The number of rotatable bonds is 14. The van der Waals surface area contributed by atoms with E-state index in [1.807, 2.05) is 19.4 Å². The Kier molecular flexibility index (Phi) is 13.7. The van der Waals surface area contributed by atoms with E-state index in [9.17, 15) is 9.59 Å². The number of fused-ring (bicyclic) bond motifs is 1. The molecule has 226 valence electrons. The molecule has 42 heavy (non-hydrogen) atoms. The lowest BCUT2D eigenvalue weighted by Crippen LogP contribution is -2.30. The highest BCUT2D eigenvalue weighted by atomic mass is 35.5.